The van der Waals surface area contributed by atoms with Crippen LogP contribution in [0.2, 0.25) is 0 Å². The lowest BCUT2D eigenvalue weighted by molar-refractivity contribution is 1.08. The van der Waals surface area contributed by atoms with Gasteiger partial charge in [-0.2, -0.15) is 10.5 Å². The summed E-state index contributed by atoms with van der Waals surface area (Å²) in [5.41, 5.74) is 7.25. The molecule has 0 N–H and O–H groups in total. The molecule has 8 aromatic carbocycles. The second-order valence-corrected chi connectivity index (χ2v) is 15.6. The summed E-state index contributed by atoms with van der Waals surface area (Å²) in [5.74, 6) is 0. The maximum atomic E-state index is 11.7. The van der Waals surface area contributed by atoms with Crippen LogP contribution >= 0.6 is 11.3 Å². The van der Waals surface area contributed by atoms with Crippen LogP contribution in [0.5, 0.6) is 0 Å². The van der Waals surface area contributed by atoms with Gasteiger partial charge < -0.3 is 13.7 Å². The Morgan fingerprint density at radius 3 is 1.29 bits per heavy atom. The zero-order valence-electron chi connectivity index (χ0n) is 30.6. The molecule has 0 bridgehead atoms. The van der Waals surface area contributed by atoms with Crippen molar-refractivity contribution in [3.63, 3.8) is 0 Å². The Kier molecular flexibility index (Phi) is 6.61. The SMILES string of the molecule is [C-]#[N+]c1c(-n2c3ccccc3c3ccccc32)c(C#N)c(-n2c3ccccc3c3ccccc32)c(C#N)c1-n1c2ccccc2c2c3sc4ccccc4c3ccc21. The normalized spacial score (nSPS) is 11.7. The molecule has 0 unspecified atom stereocenters. The van der Waals surface area contributed by atoms with Crippen molar-refractivity contribution in [2.45, 2.75) is 0 Å². The van der Waals surface area contributed by atoms with E-state index >= 15 is 0 Å². The van der Waals surface area contributed by atoms with Crippen LogP contribution in [0, 0.1) is 29.2 Å². The van der Waals surface area contributed by atoms with Gasteiger partial charge in [-0.1, -0.05) is 115 Å². The third-order valence-electron chi connectivity index (χ3n) is 11.7. The smallest absolute Gasteiger partial charge is 0.236 e. The Balaban J connectivity index is 1.37. The number of nitrogens with zero attached hydrogens (tertiary/aromatic N) is 6. The molecule has 12 aromatic rings. The first-order valence-electron chi connectivity index (χ1n) is 18.9. The number of hydrogen-bond donors (Lipinski definition) is 0. The molecule has 0 atom stereocenters. The van der Waals surface area contributed by atoms with Crippen molar-refractivity contribution in [2.75, 3.05) is 0 Å². The molecule has 0 amide bonds. The van der Waals surface area contributed by atoms with Gasteiger partial charge >= 0.3 is 0 Å². The minimum absolute atomic E-state index is 0.225. The van der Waals surface area contributed by atoms with Gasteiger partial charge in [-0.25, -0.2) is 4.85 Å². The van der Waals surface area contributed by atoms with Gasteiger partial charge in [0.1, 0.15) is 12.1 Å². The first kappa shape index (κ1) is 32.1. The summed E-state index contributed by atoms with van der Waals surface area (Å²) in [4.78, 5) is 4.37. The number of benzene rings is 8. The van der Waals surface area contributed by atoms with Crippen molar-refractivity contribution >= 4 is 103 Å². The van der Waals surface area contributed by atoms with Crippen molar-refractivity contribution < 1.29 is 0 Å². The van der Waals surface area contributed by atoms with E-state index in [9.17, 15) is 10.5 Å². The highest BCUT2D eigenvalue weighted by Crippen LogP contribution is 2.50. The largest absolute Gasteiger partial charge is 0.318 e. The lowest BCUT2D eigenvalue weighted by Crippen LogP contribution is -2.11. The minimum Gasteiger partial charge on any atom is -0.318 e. The van der Waals surface area contributed by atoms with Crippen molar-refractivity contribution in [3.05, 3.63) is 180 Å². The molecule has 7 heteroatoms. The lowest BCUT2D eigenvalue weighted by Gasteiger charge is -2.23. The highest BCUT2D eigenvalue weighted by Gasteiger charge is 2.32. The molecule has 0 aliphatic rings. The molecule has 6 nitrogen and oxygen atoms in total. The van der Waals surface area contributed by atoms with Gasteiger partial charge in [-0.05, 0) is 42.5 Å². The summed E-state index contributed by atoms with van der Waals surface area (Å²) in [5, 5.41) is 31.7. The van der Waals surface area contributed by atoms with Crippen LogP contribution in [0.3, 0.4) is 0 Å². The van der Waals surface area contributed by atoms with Gasteiger partial charge in [0, 0.05) is 52.5 Å². The fourth-order valence-corrected chi connectivity index (χ4v) is 10.7. The first-order valence-corrected chi connectivity index (χ1v) is 19.8. The second-order valence-electron chi connectivity index (χ2n) is 14.5. The van der Waals surface area contributed by atoms with Gasteiger partial charge in [-0.3, -0.25) is 0 Å². The van der Waals surface area contributed by atoms with E-state index in [0.717, 1.165) is 70.1 Å². The third-order valence-corrected chi connectivity index (χ3v) is 12.9. The monoisotopic (exact) mass is 754 g/mol. The number of rotatable bonds is 3. The molecular weight excluding hydrogens is 729 g/mol. The van der Waals surface area contributed by atoms with E-state index in [2.05, 4.69) is 103 Å². The van der Waals surface area contributed by atoms with Crippen molar-refractivity contribution in [1.82, 2.24) is 13.7 Å². The lowest BCUT2D eigenvalue weighted by atomic mass is 9.99. The topological polar surface area (TPSA) is 66.7 Å². The number of para-hydroxylation sites is 5. The molecule has 12 rings (SSSR count). The van der Waals surface area contributed by atoms with E-state index in [0.29, 0.717) is 17.1 Å². The molecule has 0 aliphatic heterocycles. The molecule has 0 radical (unpaired) electrons. The molecule has 0 fully saturated rings. The first-order chi connectivity index (χ1) is 28.7. The fourth-order valence-electron chi connectivity index (χ4n) is 9.48. The van der Waals surface area contributed by atoms with Crippen LogP contribution in [-0.2, 0) is 0 Å². The Hall–Kier alpha value is -8.15. The Bertz CT molecular complexity index is 3650. The van der Waals surface area contributed by atoms with E-state index in [4.69, 9.17) is 6.57 Å². The molecule has 0 spiro atoms. The van der Waals surface area contributed by atoms with Crippen LogP contribution in [0.1, 0.15) is 11.1 Å². The van der Waals surface area contributed by atoms with Gasteiger partial charge in [0.15, 0.2) is 0 Å². The third kappa shape index (κ3) is 4.06. The van der Waals surface area contributed by atoms with Crippen LogP contribution in [-0.4, -0.2) is 13.7 Å². The highest BCUT2D eigenvalue weighted by molar-refractivity contribution is 7.26. The molecule has 0 saturated carbocycles. The van der Waals surface area contributed by atoms with E-state index in [1.165, 1.54) is 15.5 Å². The summed E-state index contributed by atoms with van der Waals surface area (Å²) in [7, 11) is 0. The maximum absolute atomic E-state index is 11.7. The zero-order valence-corrected chi connectivity index (χ0v) is 31.4. The van der Waals surface area contributed by atoms with E-state index < -0.39 is 0 Å². The maximum Gasteiger partial charge on any atom is 0.236 e. The van der Waals surface area contributed by atoms with E-state index in [-0.39, 0.29) is 16.8 Å². The molecule has 58 heavy (non-hydrogen) atoms. The molecular formula is C51H26N6S. The van der Waals surface area contributed by atoms with Crippen molar-refractivity contribution in [3.8, 4) is 29.2 Å². The van der Waals surface area contributed by atoms with Crippen molar-refractivity contribution in [2.24, 2.45) is 0 Å². The Labute approximate surface area is 334 Å². The van der Waals surface area contributed by atoms with Crippen LogP contribution in [0.15, 0.2) is 158 Å². The van der Waals surface area contributed by atoms with Gasteiger partial charge in [0.2, 0.25) is 5.69 Å². The fraction of sp³-hybridized carbons (Fsp3) is 0. The quantitative estimate of drug-likeness (QED) is 0.169. The van der Waals surface area contributed by atoms with Gasteiger partial charge in [0.05, 0.1) is 67.9 Å². The van der Waals surface area contributed by atoms with Crippen molar-refractivity contribution in [1.29, 1.82) is 10.5 Å². The summed E-state index contributed by atoms with van der Waals surface area (Å²) in [6, 6.07) is 58.7. The van der Waals surface area contributed by atoms with E-state index in [1.807, 2.05) is 84.9 Å². The van der Waals surface area contributed by atoms with Gasteiger partial charge in [0.25, 0.3) is 0 Å². The molecule has 4 aromatic heterocycles. The predicted octanol–water partition coefficient (Wildman–Crippen LogP) is 13.6. The molecule has 0 aliphatic carbocycles. The number of nitriles is 2. The molecule has 266 valence electrons. The average molecular weight is 755 g/mol. The highest BCUT2D eigenvalue weighted by atomic mass is 32.1. The summed E-state index contributed by atoms with van der Waals surface area (Å²) in [6.07, 6.45) is 0. The molecule has 0 saturated heterocycles. The summed E-state index contributed by atoms with van der Waals surface area (Å²) >= 11 is 1.76. The summed E-state index contributed by atoms with van der Waals surface area (Å²) < 4.78 is 8.58. The Morgan fingerprint density at radius 2 is 0.810 bits per heavy atom. The van der Waals surface area contributed by atoms with Crippen LogP contribution in [0.25, 0.3) is 107 Å². The predicted molar refractivity (Wildman–Crippen MR) is 238 cm³/mol. The standard InChI is InChI=1S/C51H26N6S/c1-54-47-49(56-41-22-10-4-16-32(41)33-17-5-11-23-42(33)56)37(28-52)48(55-39-20-8-2-14-30(39)31-15-3-9-21-40(31)55)38(29-53)50(47)57-43-24-12-6-19-36(43)46-44(57)27-26-35-34-18-7-13-25-45(34)58-51(35)46/h2-27H. The van der Waals surface area contributed by atoms with Crippen LogP contribution < -0.4 is 0 Å². The van der Waals surface area contributed by atoms with E-state index in [1.54, 1.807) is 11.3 Å². The second kappa shape index (κ2) is 11.9. The average Bonchev–Trinajstić information content (AvgIpc) is 4.02. The zero-order chi connectivity index (χ0) is 38.6. The number of fused-ring (bicyclic) bond motifs is 13. The molecule has 4 heterocycles. The number of aromatic nitrogens is 3. The number of hydrogen-bond acceptors (Lipinski definition) is 3. The van der Waals surface area contributed by atoms with Crippen LogP contribution in [0.4, 0.5) is 5.69 Å². The minimum atomic E-state index is 0.225. The van der Waals surface area contributed by atoms with Gasteiger partial charge in [-0.15, -0.1) is 11.3 Å². The summed E-state index contributed by atoms with van der Waals surface area (Å²) in [6.45, 7) is 9.09. The Morgan fingerprint density at radius 1 is 0.414 bits per heavy atom. The number of thiophene rings is 1.